The van der Waals surface area contributed by atoms with Crippen LogP contribution in [-0.4, -0.2) is 20.1 Å². The van der Waals surface area contributed by atoms with E-state index in [0.717, 1.165) is 5.56 Å². The maximum Gasteiger partial charge on any atom is 0.238 e. The second-order valence-electron chi connectivity index (χ2n) is 7.49. The van der Waals surface area contributed by atoms with Gasteiger partial charge in [0.2, 0.25) is 15.9 Å². The Labute approximate surface area is 175 Å². The number of ketones is 1. The summed E-state index contributed by atoms with van der Waals surface area (Å²) in [5, 5.41) is 5.17. The third kappa shape index (κ3) is 3.99. The number of allylic oxidation sites excluding steroid dienone is 3. The van der Waals surface area contributed by atoms with Crippen LogP contribution in [0.25, 0.3) is 6.08 Å². The molecule has 0 fully saturated rings. The molecule has 0 spiro atoms. The number of primary sulfonamides is 1. The zero-order valence-electron chi connectivity index (χ0n) is 16.3. The first-order chi connectivity index (χ1) is 14.3. The fourth-order valence-corrected chi connectivity index (χ4v) is 4.59. The van der Waals surface area contributed by atoms with Gasteiger partial charge in [0.15, 0.2) is 5.78 Å². The van der Waals surface area contributed by atoms with Gasteiger partial charge in [-0.15, -0.1) is 0 Å². The number of anilines is 1. The predicted molar refractivity (Wildman–Crippen MR) is 115 cm³/mol. The highest BCUT2D eigenvalue weighted by molar-refractivity contribution is 7.89. The molecule has 30 heavy (non-hydrogen) atoms. The van der Waals surface area contributed by atoms with E-state index < -0.39 is 10.0 Å². The van der Waals surface area contributed by atoms with Crippen molar-refractivity contribution in [1.29, 1.82) is 0 Å². The molecule has 1 atom stereocenters. The van der Waals surface area contributed by atoms with Gasteiger partial charge < -0.3 is 0 Å². The second-order valence-corrected chi connectivity index (χ2v) is 9.05. The van der Waals surface area contributed by atoms with Crippen LogP contribution in [0.4, 0.5) is 5.69 Å². The lowest BCUT2D eigenvalue weighted by molar-refractivity contribution is -0.120. The van der Waals surface area contributed by atoms with E-state index in [1.54, 1.807) is 17.0 Å². The van der Waals surface area contributed by atoms with Crippen molar-refractivity contribution in [3.63, 3.8) is 0 Å². The largest absolute Gasteiger partial charge is 0.294 e. The quantitative estimate of drug-likeness (QED) is 0.816. The highest BCUT2D eigenvalue weighted by Crippen LogP contribution is 2.39. The van der Waals surface area contributed by atoms with Gasteiger partial charge in [0.05, 0.1) is 4.90 Å². The second kappa shape index (κ2) is 8.01. The molecular formula is C23H22N2O4S. The van der Waals surface area contributed by atoms with Crippen LogP contribution in [0.2, 0.25) is 0 Å². The summed E-state index contributed by atoms with van der Waals surface area (Å²) in [6.45, 7) is 0. The molecule has 0 bridgehead atoms. The van der Waals surface area contributed by atoms with Crippen LogP contribution in [0, 0.1) is 5.92 Å². The molecule has 1 unspecified atom stereocenters. The average molecular weight is 423 g/mol. The van der Waals surface area contributed by atoms with Crippen molar-refractivity contribution in [1.82, 2.24) is 0 Å². The number of nitrogens with two attached hydrogens (primary N) is 1. The van der Waals surface area contributed by atoms with Gasteiger partial charge >= 0.3 is 0 Å². The van der Waals surface area contributed by atoms with Crippen LogP contribution in [0.1, 0.15) is 31.2 Å². The minimum Gasteiger partial charge on any atom is -0.294 e. The van der Waals surface area contributed by atoms with E-state index in [2.05, 4.69) is 0 Å². The van der Waals surface area contributed by atoms with Gasteiger partial charge in [0, 0.05) is 35.7 Å². The van der Waals surface area contributed by atoms with Crippen LogP contribution in [0.3, 0.4) is 0 Å². The van der Waals surface area contributed by atoms with Crippen LogP contribution in [0.5, 0.6) is 0 Å². The van der Waals surface area contributed by atoms with Gasteiger partial charge in [0.25, 0.3) is 0 Å². The summed E-state index contributed by atoms with van der Waals surface area (Å²) in [5.41, 5.74) is 2.95. The van der Waals surface area contributed by atoms with E-state index in [9.17, 15) is 18.0 Å². The van der Waals surface area contributed by atoms with Crippen molar-refractivity contribution < 1.29 is 18.0 Å². The van der Waals surface area contributed by atoms with Crippen molar-refractivity contribution in [2.45, 2.75) is 30.6 Å². The lowest BCUT2D eigenvalue weighted by Crippen LogP contribution is -2.40. The van der Waals surface area contributed by atoms with Crippen molar-refractivity contribution in [2.24, 2.45) is 11.1 Å². The van der Waals surface area contributed by atoms with E-state index in [1.807, 2.05) is 42.5 Å². The summed E-state index contributed by atoms with van der Waals surface area (Å²) in [5.74, 6) is -0.312. The molecule has 154 valence electrons. The number of hydrogen-bond donors (Lipinski definition) is 1. The minimum absolute atomic E-state index is 0.0201. The molecule has 4 rings (SSSR count). The molecule has 2 aromatic carbocycles. The summed E-state index contributed by atoms with van der Waals surface area (Å²) >= 11 is 0. The molecule has 6 nitrogen and oxygen atoms in total. The monoisotopic (exact) mass is 422 g/mol. The molecule has 0 radical (unpaired) electrons. The van der Waals surface area contributed by atoms with Crippen LogP contribution >= 0.6 is 0 Å². The highest BCUT2D eigenvalue weighted by atomic mass is 32.2. The molecular weight excluding hydrogens is 400 g/mol. The first kappa shape index (κ1) is 20.3. The lowest BCUT2D eigenvalue weighted by atomic mass is 9.80. The van der Waals surface area contributed by atoms with Crippen molar-refractivity contribution in [2.75, 3.05) is 4.90 Å². The Morgan fingerprint density at radius 1 is 0.967 bits per heavy atom. The van der Waals surface area contributed by atoms with Gasteiger partial charge in [-0.3, -0.25) is 14.5 Å². The number of rotatable bonds is 4. The molecule has 1 heterocycles. The average Bonchev–Trinajstić information content (AvgIpc) is 2.72. The van der Waals surface area contributed by atoms with Crippen LogP contribution in [-0.2, 0) is 19.6 Å². The van der Waals surface area contributed by atoms with Crippen LogP contribution in [0.15, 0.2) is 76.8 Å². The summed E-state index contributed by atoms with van der Waals surface area (Å²) in [4.78, 5) is 27.4. The molecule has 0 saturated heterocycles. The lowest BCUT2D eigenvalue weighted by Gasteiger charge is -2.37. The number of sulfonamides is 1. The third-order valence-electron chi connectivity index (χ3n) is 5.46. The number of Topliss-reactive ketones (excluding diaryl/α,β-unsaturated/α-hetero) is 1. The first-order valence-electron chi connectivity index (χ1n) is 9.80. The SMILES string of the molecule is NS(=O)(=O)c1ccc(N2C(=O)CC(/C=C/c3ccccc3)C3=C2CCCC3=O)cc1. The Balaban J connectivity index is 1.73. The number of carbonyl (C=O) groups is 2. The number of hydrogen-bond acceptors (Lipinski definition) is 4. The van der Waals surface area contributed by atoms with Gasteiger partial charge in [0.1, 0.15) is 0 Å². The van der Waals surface area contributed by atoms with Gasteiger partial charge in [-0.2, -0.15) is 0 Å². The van der Waals surface area contributed by atoms with Gasteiger partial charge in [-0.25, -0.2) is 13.6 Å². The van der Waals surface area contributed by atoms with Gasteiger partial charge in [-0.05, 0) is 42.7 Å². The topological polar surface area (TPSA) is 97.5 Å². The van der Waals surface area contributed by atoms with Crippen molar-refractivity contribution in [3.8, 4) is 0 Å². The molecule has 2 aliphatic rings. The number of carbonyl (C=O) groups excluding carboxylic acids is 2. The summed E-state index contributed by atoms with van der Waals surface area (Å²) in [6, 6.07) is 15.6. The predicted octanol–water partition coefficient (Wildman–Crippen LogP) is 3.41. The van der Waals surface area contributed by atoms with E-state index in [-0.39, 0.29) is 28.9 Å². The Bertz CT molecular complexity index is 1150. The highest BCUT2D eigenvalue weighted by Gasteiger charge is 2.38. The standard InChI is InChI=1S/C23H22N2O4S/c24-30(28,29)19-13-11-18(12-14-19)25-20-7-4-8-21(26)23(20)17(15-22(25)27)10-9-16-5-2-1-3-6-16/h1-3,5-6,9-14,17H,4,7-8,15H2,(H2,24,28,29)/b10-9+. The van der Waals surface area contributed by atoms with Crippen molar-refractivity contribution in [3.05, 3.63) is 77.5 Å². The Morgan fingerprint density at radius 3 is 2.33 bits per heavy atom. The van der Waals surface area contributed by atoms with E-state index in [4.69, 9.17) is 5.14 Å². The molecule has 1 amide bonds. The molecule has 1 aliphatic heterocycles. The third-order valence-corrected chi connectivity index (χ3v) is 6.39. The zero-order chi connectivity index (χ0) is 21.3. The summed E-state index contributed by atoms with van der Waals surface area (Å²) < 4.78 is 23.0. The molecule has 2 N–H and O–H groups in total. The molecule has 2 aromatic rings. The minimum atomic E-state index is -3.82. The Kier molecular flexibility index (Phi) is 5.40. The number of benzene rings is 2. The Hall–Kier alpha value is -3.03. The molecule has 0 saturated carbocycles. The maximum atomic E-state index is 13.1. The van der Waals surface area contributed by atoms with Crippen molar-refractivity contribution >= 4 is 33.5 Å². The fourth-order valence-electron chi connectivity index (χ4n) is 4.07. The smallest absolute Gasteiger partial charge is 0.238 e. The molecule has 0 aromatic heterocycles. The normalized spacial score (nSPS) is 20.0. The van der Waals surface area contributed by atoms with Crippen LogP contribution < -0.4 is 10.0 Å². The zero-order valence-corrected chi connectivity index (χ0v) is 17.1. The van der Waals surface area contributed by atoms with E-state index >= 15 is 0 Å². The first-order valence-corrected chi connectivity index (χ1v) is 11.3. The molecule has 1 aliphatic carbocycles. The summed E-state index contributed by atoms with van der Waals surface area (Å²) in [6.07, 6.45) is 5.85. The fraction of sp³-hybridized carbons (Fsp3) is 0.217. The van der Waals surface area contributed by atoms with E-state index in [0.29, 0.717) is 36.2 Å². The maximum absolute atomic E-state index is 13.1. The number of nitrogens with zero attached hydrogens (tertiary/aromatic N) is 1. The Morgan fingerprint density at radius 2 is 1.67 bits per heavy atom. The number of amides is 1. The molecule has 7 heteroatoms. The van der Waals surface area contributed by atoms with E-state index in [1.165, 1.54) is 12.1 Å². The summed E-state index contributed by atoms with van der Waals surface area (Å²) in [7, 11) is -3.82. The van der Waals surface area contributed by atoms with Gasteiger partial charge in [-0.1, -0.05) is 42.5 Å².